The third-order valence-electron chi connectivity index (χ3n) is 4.46. The van der Waals surface area contributed by atoms with Crippen molar-refractivity contribution < 1.29 is 4.39 Å². The van der Waals surface area contributed by atoms with E-state index in [9.17, 15) is 4.39 Å². The van der Waals surface area contributed by atoms with Crippen molar-refractivity contribution in [1.82, 2.24) is 34.5 Å². The Morgan fingerprint density at radius 1 is 1.41 bits per heavy atom. The number of alkyl halides is 1. The van der Waals surface area contributed by atoms with Gasteiger partial charge < -0.3 is 0 Å². The van der Waals surface area contributed by atoms with Crippen molar-refractivity contribution >= 4 is 0 Å². The Kier molecular flexibility index (Phi) is 4.45. The van der Waals surface area contributed by atoms with E-state index in [0.717, 1.165) is 16.8 Å². The van der Waals surface area contributed by atoms with Crippen LogP contribution in [-0.4, -0.2) is 34.5 Å². The van der Waals surface area contributed by atoms with Crippen LogP contribution < -0.4 is 0 Å². The Balaban J connectivity index is 1.67. The molecule has 4 heterocycles. The molecular weight excluding hydrogens is 345 g/mol. The summed E-state index contributed by atoms with van der Waals surface area (Å²) in [7, 11) is 0. The van der Waals surface area contributed by atoms with Gasteiger partial charge >= 0.3 is 0 Å². The smallest absolute Gasteiger partial charge is 0.245 e. The van der Waals surface area contributed by atoms with E-state index in [-0.39, 0.29) is 6.04 Å². The minimum atomic E-state index is -1.17. The Morgan fingerprint density at radius 3 is 3.04 bits per heavy atom. The number of aromatic nitrogens is 7. The van der Waals surface area contributed by atoms with Gasteiger partial charge in [0.15, 0.2) is 12.0 Å². The summed E-state index contributed by atoms with van der Waals surface area (Å²) in [6.07, 6.45) is 13.1. The second kappa shape index (κ2) is 7.06. The third kappa shape index (κ3) is 3.10. The standard InChI is InChI=1S/C19H18FN7/c1-3-5-6-13(4-2)17-9-15(20)18-24-19(25-27(17)18)26-11-14(10-23-26)16-7-8-21-12-22-16/h3-8,10-12,15,17H,1,9H2,2H3/b6-5-,13-4+. The molecule has 0 spiro atoms. The molecule has 7 nitrogen and oxygen atoms in total. The number of halogens is 1. The zero-order valence-corrected chi connectivity index (χ0v) is 14.8. The second-order valence-electron chi connectivity index (χ2n) is 6.09. The predicted octanol–water partition coefficient (Wildman–Crippen LogP) is 3.56. The molecule has 0 N–H and O–H groups in total. The lowest BCUT2D eigenvalue weighted by Crippen LogP contribution is -2.09. The van der Waals surface area contributed by atoms with Crippen molar-refractivity contribution in [2.75, 3.05) is 0 Å². The lowest BCUT2D eigenvalue weighted by atomic mass is 10.0. The molecule has 4 rings (SSSR count). The van der Waals surface area contributed by atoms with E-state index >= 15 is 0 Å². The fourth-order valence-corrected chi connectivity index (χ4v) is 3.15. The van der Waals surface area contributed by atoms with Gasteiger partial charge in [0.1, 0.15) is 6.33 Å². The molecule has 1 aliphatic heterocycles. The number of allylic oxidation sites excluding steroid dienone is 5. The highest BCUT2D eigenvalue weighted by Crippen LogP contribution is 2.40. The molecule has 136 valence electrons. The minimum absolute atomic E-state index is 0.200. The Hall–Kier alpha value is -3.42. The molecule has 3 aromatic rings. The summed E-state index contributed by atoms with van der Waals surface area (Å²) < 4.78 is 17.7. The average Bonchev–Trinajstić information content (AvgIpc) is 3.40. The van der Waals surface area contributed by atoms with Crippen LogP contribution in [0.3, 0.4) is 0 Å². The van der Waals surface area contributed by atoms with Gasteiger partial charge in [-0.05, 0) is 18.6 Å². The van der Waals surface area contributed by atoms with Gasteiger partial charge in [-0.15, -0.1) is 5.10 Å². The highest BCUT2D eigenvalue weighted by atomic mass is 19.1. The maximum Gasteiger partial charge on any atom is 0.269 e. The number of rotatable bonds is 5. The summed E-state index contributed by atoms with van der Waals surface area (Å²) in [6.45, 7) is 5.60. The second-order valence-corrected chi connectivity index (χ2v) is 6.09. The number of hydrogen-bond acceptors (Lipinski definition) is 5. The SMILES string of the molecule is C=C/C=C\C(=C/C)C1CC(F)c2nc(-n3cc(-c4ccncn4)cn3)nn21. The molecule has 2 atom stereocenters. The molecular formula is C19H18FN7. The molecule has 0 saturated carbocycles. The zero-order valence-electron chi connectivity index (χ0n) is 14.8. The third-order valence-corrected chi connectivity index (χ3v) is 4.46. The van der Waals surface area contributed by atoms with Crippen LogP contribution in [0.2, 0.25) is 0 Å². The number of hydrogen-bond donors (Lipinski definition) is 0. The first kappa shape index (κ1) is 17.0. The first-order chi connectivity index (χ1) is 13.2. The molecule has 0 aromatic carbocycles. The summed E-state index contributed by atoms with van der Waals surface area (Å²) in [5.41, 5.74) is 2.52. The first-order valence-corrected chi connectivity index (χ1v) is 8.58. The Bertz CT molecular complexity index is 1020. The fourth-order valence-electron chi connectivity index (χ4n) is 3.15. The van der Waals surface area contributed by atoms with Crippen LogP contribution in [0.25, 0.3) is 17.2 Å². The van der Waals surface area contributed by atoms with Crippen molar-refractivity contribution in [3.63, 3.8) is 0 Å². The predicted molar refractivity (Wildman–Crippen MR) is 98.8 cm³/mol. The topological polar surface area (TPSA) is 74.3 Å². The van der Waals surface area contributed by atoms with Crippen molar-refractivity contribution in [1.29, 1.82) is 0 Å². The molecule has 0 bridgehead atoms. The van der Waals surface area contributed by atoms with Crippen LogP contribution in [0.1, 0.15) is 31.4 Å². The molecule has 2 unspecified atom stereocenters. The average molecular weight is 363 g/mol. The van der Waals surface area contributed by atoms with Crippen LogP contribution in [0.15, 0.2) is 67.4 Å². The Labute approximate surface area is 155 Å². The minimum Gasteiger partial charge on any atom is -0.245 e. The van der Waals surface area contributed by atoms with Crippen molar-refractivity contribution in [2.45, 2.75) is 25.6 Å². The summed E-state index contributed by atoms with van der Waals surface area (Å²) >= 11 is 0. The van der Waals surface area contributed by atoms with Gasteiger partial charge in [-0.2, -0.15) is 10.1 Å². The number of nitrogens with zero attached hydrogens (tertiary/aromatic N) is 7. The maximum absolute atomic E-state index is 14.5. The highest BCUT2D eigenvalue weighted by Gasteiger charge is 2.36. The zero-order chi connectivity index (χ0) is 18.8. The van der Waals surface area contributed by atoms with E-state index in [1.807, 2.05) is 25.2 Å². The molecule has 0 saturated heterocycles. The highest BCUT2D eigenvalue weighted by molar-refractivity contribution is 5.56. The van der Waals surface area contributed by atoms with Crippen molar-refractivity contribution in [2.24, 2.45) is 0 Å². The van der Waals surface area contributed by atoms with E-state index in [0.29, 0.717) is 18.2 Å². The monoisotopic (exact) mass is 363 g/mol. The summed E-state index contributed by atoms with van der Waals surface area (Å²) in [4.78, 5) is 12.5. The lowest BCUT2D eigenvalue weighted by Gasteiger charge is -2.12. The van der Waals surface area contributed by atoms with Crippen LogP contribution in [0.4, 0.5) is 4.39 Å². The maximum atomic E-state index is 14.5. The van der Waals surface area contributed by atoms with Gasteiger partial charge in [0.25, 0.3) is 5.95 Å². The molecule has 27 heavy (non-hydrogen) atoms. The quantitative estimate of drug-likeness (QED) is 0.648. The molecule has 0 radical (unpaired) electrons. The van der Waals surface area contributed by atoms with Gasteiger partial charge in [0, 0.05) is 24.4 Å². The van der Waals surface area contributed by atoms with Crippen molar-refractivity contribution in [3.8, 4) is 17.2 Å². The normalized spacial score (nSPS) is 19.6. The Morgan fingerprint density at radius 2 is 2.30 bits per heavy atom. The first-order valence-electron chi connectivity index (χ1n) is 8.58. The molecule has 0 aliphatic carbocycles. The van der Waals surface area contributed by atoms with Gasteiger partial charge in [0.2, 0.25) is 0 Å². The van der Waals surface area contributed by atoms with Gasteiger partial charge in [-0.3, -0.25) is 0 Å². The molecule has 0 fully saturated rings. The van der Waals surface area contributed by atoms with Crippen LogP contribution >= 0.6 is 0 Å². The van der Waals surface area contributed by atoms with E-state index in [4.69, 9.17) is 0 Å². The van der Waals surface area contributed by atoms with Gasteiger partial charge in [-0.25, -0.2) is 23.7 Å². The van der Waals surface area contributed by atoms with Gasteiger partial charge in [0.05, 0.1) is 17.9 Å². The molecule has 8 heteroatoms. The van der Waals surface area contributed by atoms with E-state index in [2.05, 4.69) is 31.7 Å². The van der Waals surface area contributed by atoms with E-state index < -0.39 is 6.17 Å². The largest absolute Gasteiger partial charge is 0.269 e. The van der Waals surface area contributed by atoms with Gasteiger partial charge in [-0.1, -0.05) is 30.9 Å². The lowest BCUT2D eigenvalue weighted by molar-refractivity contribution is 0.328. The van der Waals surface area contributed by atoms with E-state index in [1.54, 1.807) is 35.4 Å². The fraction of sp³-hybridized carbons (Fsp3) is 0.211. The van der Waals surface area contributed by atoms with Crippen LogP contribution in [0, 0.1) is 0 Å². The molecule has 0 amide bonds. The van der Waals surface area contributed by atoms with Crippen molar-refractivity contribution in [3.05, 3.63) is 73.3 Å². The van der Waals surface area contributed by atoms with Crippen LogP contribution in [-0.2, 0) is 0 Å². The summed E-state index contributed by atoms with van der Waals surface area (Å²) in [5.74, 6) is 0.654. The van der Waals surface area contributed by atoms with Crippen LogP contribution in [0.5, 0.6) is 0 Å². The summed E-state index contributed by atoms with van der Waals surface area (Å²) in [5, 5.41) is 8.80. The summed E-state index contributed by atoms with van der Waals surface area (Å²) in [6, 6.07) is 1.59. The number of fused-ring (bicyclic) bond motifs is 1. The molecule has 1 aliphatic rings. The molecule has 3 aromatic heterocycles. The van der Waals surface area contributed by atoms with E-state index in [1.165, 1.54) is 11.0 Å².